The molecule has 0 unspecified atom stereocenters. The third-order valence-electron chi connectivity index (χ3n) is 5.40. The summed E-state index contributed by atoms with van der Waals surface area (Å²) in [7, 11) is 0. The molecule has 180 valence electrons. The number of rotatable bonds is 9. The number of hydrogen-bond acceptors (Lipinski definition) is 4. The number of carbonyl (C=O) groups is 1. The van der Waals surface area contributed by atoms with Crippen molar-refractivity contribution in [3.63, 3.8) is 0 Å². The Labute approximate surface area is 214 Å². The van der Waals surface area contributed by atoms with Crippen LogP contribution in [0.25, 0.3) is 0 Å². The Balaban J connectivity index is 0.00000385. The molecule has 8 heteroatoms. The molecule has 33 heavy (non-hydrogen) atoms. The smallest absolute Gasteiger partial charge is 0.243 e. The number of aliphatic imine (C=N–C) groups is 1. The van der Waals surface area contributed by atoms with Crippen molar-refractivity contribution >= 4 is 41.5 Å². The van der Waals surface area contributed by atoms with Crippen LogP contribution in [-0.2, 0) is 29.0 Å². The lowest BCUT2D eigenvalue weighted by atomic mass is 10.1. The van der Waals surface area contributed by atoms with E-state index in [1.54, 1.807) is 0 Å². The molecule has 1 fully saturated rings. The second-order valence-electron chi connectivity index (χ2n) is 7.81. The van der Waals surface area contributed by atoms with Gasteiger partial charge in [-0.1, -0.05) is 43.3 Å². The minimum atomic E-state index is -0.100. The molecule has 0 radical (unpaired) electrons. The number of ether oxygens (including phenoxy) is 1. The normalized spacial score (nSPS) is 14.3. The Morgan fingerprint density at radius 1 is 1.03 bits per heavy atom. The van der Waals surface area contributed by atoms with Gasteiger partial charge >= 0.3 is 0 Å². The summed E-state index contributed by atoms with van der Waals surface area (Å²) in [4.78, 5) is 19.5. The molecule has 1 amide bonds. The quantitative estimate of drug-likeness (QED) is 0.247. The first-order valence-corrected chi connectivity index (χ1v) is 11.5. The minimum absolute atomic E-state index is 0. The van der Waals surface area contributed by atoms with Crippen LogP contribution in [0.2, 0.25) is 0 Å². The number of amides is 1. The fraction of sp³-hybridized carbons (Fsp3) is 0.440. The molecule has 1 aliphatic heterocycles. The molecule has 1 saturated heterocycles. The number of halogens is 1. The van der Waals surface area contributed by atoms with Gasteiger partial charge in [0.2, 0.25) is 5.91 Å². The van der Waals surface area contributed by atoms with Crippen molar-refractivity contribution in [2.75, 3.05) is 44.7 Å². The fourth-order valence-corrected chi connectivity index (χ4v) is 3.61. The Morgan fingerprint density at radius 3 is 2.52 bits per heavy atom. The lowest BCUT2D eigenvalue weighted by Gasteiger charge is -2.27. The maximum Gasteiger partial charge on any atom is 0.243 e. The number of hydrogen-bond donors (Lipinski definition) is 3. The van der Waals surface area contributed by atoms with Gasteiger partial charge in [-0.25, -0.2) is 4.99 Å². The fourth-order valence-electron chi connectivity index (χ4n) is 3.61. The van der Waals surface area contributed by atoms with E-state index in [1.165, 1.54) is 16.7 Å². The lowest BCUT2D eigenvalue weighted by molar-refractivity contribution is -0.115. The van der Waals surface area contributed by atoms with E-state index >= 15 is 0 Å². The molecule has 0 aliphatic carbocycles. The van der Waals surface area contributed by atoms with Crippen LogP contribution in [0.4, 0.5) is 5.69 Å². The summed E-state index contributed by atoms with van der Waals surface area (Å²) in [5.74, 6) is 0.530. The van der Waals surface area contributed by atoms with Crippen LogP contribution in [-0.4, -0.2) is 56.2 Å². The molecule has 0 aromatic heterocycles. The van der Waals surface area contributed by atoms with Crippen LogP contribution >= 0.6 is 24.0 Å². The van der Waals surface area contributed by atoms with E-state index in [9.17, 15) is 4.79 Å². The lowest BCUT2D eigenvalue weighted by Crippen LogP contribution is -2.41. The van der Waals surface area contributed by atoms with Gasteiger partial charge in [0.15, 0.2) is 5.96 Å². The van der Waals surface area contributed by atoms with Gasteiger partial charge in [-0.2, -0.15) is 0 Å². The predicted molar refractivity (Wildman–Crippen MR) is 145 cm³/mol. The Bertz CT molecular complexity index is 900. The van der Waals surface area contributed by atoms with Crippen LogP contribution in [0.3, 0.4) is 0 Å². The maximum atomic E-state index is 12.4. The zero-order chi connectivity index (χ0) is 22.6. The third kappa shape index (κ3) is 9.30. The molecule has 0 saturated carbocycles. The van der Waals surface area contributed by atoms with Crippen molar-refractivity contribution in [2.24, 2.45) is 4.99 Å². The zero-order valence-electron chi connectivity index (χ0n) is 19.6. The summed E-state index contributed by atoms with van der Waals surface area (Å²) in [6, 6.07) is 16.3. The standard InChI is InChI=1S/C25H35N5O2.HI/c1-3-20-8-7-11-23(16-20)29-24(31)18-28-25(26-4-2)27-17-21-9-5-6-10-22(21)19-30-12-14-32-15-13-30;/h5-11,16H,3-4,12-15,17-19H2,1-2H3,(H,29,31)(H2,26,27,28);1H. The van der Waals surface area contributed by atoms with Crippen LogP contribution in [0, 0.1) is 0 Å². The Hall–Kier alpha value is -2.17. The summed E-state index contributed by atoms with van der Waals surface area (Å²) < 4.78 is 5.46. The summed E-state index contributed by atoms with van der Waals surface area (Å²) >= 11 is 0. The van der Waals surface area contributed by atoms with Gasteiger partial charge in [-0.15, -0.1) is 24.0 Å². The summed E-state index contributed by atoms with van der Waals surface area (Å²) in [5.41, 5.74) is 4.48. The first kappa shape index (κ1) is 27.1. The van der Waals surface area contributed by atoms with Crippen molar-refractivity contribution in [2.45, 2.75) is 33.4 Å². The second-order valence-corrected chi connectivity index (χ2v) is 7.81. The highest BCUT2D eigenvalue weighted by Crippen LogP contribution is 2.14. The van der Waals surface area contributed by atoms with E-state index in [4.69, 9.17) is 9.73 Å². The molecule has 2 aromatic carbocycles. The average molecular weight is 566 g/mol. The maximum absolute atomic E-state index is 12.4. The minimum Gasteiger partial charge on any atom is -0.379 e. The van der Waals surface area contributed by atoms with E-state index < -0.39 is 0 Å². The van der Waals surface area contributed by atoms with E-state index in [0.29, 0.717) is 12.5 Å². The molecule has 1 heterocycles. The van der Waals surface area contributed by atoms with Crippen LogP contribution < -0.4 is 16.0 Å². The highest BCUT2D eigenvalue weighted by molar-refractivity contribution is 14.0. The van der Waals surface area contributed by atoms with Gasteiger partial charge in [-0.05, 0) is 42.2 Å². The predicted octanol–water partition coefficient (Wildman–Crippen LogP) is 3.39. The molecule has 1 aliphatic rings. The molecular formula is C25H36IN5O2. The highest BCUT2D eigenvalue weighted by atomic mass is 127. The largest absolute Gasteiger partial charge is 0.379 e. The summed E-state index contributed by atoms with van der Waals surface area (Å²) in [5, 5.41) is 9.31. The Kier molecular flexibility index (Phi) is 12.2. The molecule has 0 bridgehead atoms. The van der Waals surface area contributed by atoms with Crippen LogP contribution in [0.1, 0.15) is 30.5 Å². The van der Waals surface area contributed by atoms with Gasteiger partial charge in [0, 0.05) is 31.9 Å². The van der Waals surface area contributed by atoms with Crippen molar-refractivity contribution in [3.8, 4) is 0 Å². The average Bonchev–Trinajstić information content (AvgIpc) is 2.82. The van der Waals surface area contributed by atoms with Crippen molar-refractivity contribution in [1.29, 1.82) is 0 Å². The van der Waals surface area contributed by atoms with Crippen molar-refractivity contribution < 1.29 is 9.53 Å². The van der Waals surface area contributed by atoms with Crippen LogP contribution in [0.5, 0.6) is 0 Å². The monoisotopic (exact) mass is 565 g/mol. The number of nitrogens with zero attached hydrogens (tertiary/aromatic N) is 2. The molecular weight excluding hydrogens is 529 g/mol. The van der Waals surface area contributed by atoms with Crippen LogP contribution in [0.15, 0.2) is 53.5 Å². The molecule has 3 rings (SSSR count). The summed E-state index contributed by atoms with van der Waals surface area (Å²) in [6.07, 6.45) is 0.937. The van der Waals surface area contributed by atoms with Gasteiger partial charge in [-0.3, -0.25) is 9.69 Å². The van der Waals surface area contributed by atoms with E-state index in [1.807, 2.05) is 31.2 Å². The summed E-state index contributed by atoms with van der Waals surface area (Å²) in [6.45, 7) is 9.93. The molecule has 7 nitrogen and oxygen atoms in total. The van der Waals surface area contributed by atoms with Crippen molar-refractivity contribution in [3.05, 3.63) is 65.2 Å². The van der Waals surface area contributed by atoms with Crippen molar-refractivity contribution in [1.82, 2.24) is 15.5 Å². The Morgan fingerprint density at radius 2 is 1.79 bits per heavy atom. The third-order valence-corrected chi connectivity index (χ3v) is 5.40. The van der Waals surface area contributed by atoms with Gasteiger partial charge in [0.1, 0.15) is 0 Å². The molecule has 0 spiro atoms. The first-order valence-electron chi connectivity index (χ1n) is 11.5. The highest BCUT2D eigenvalue weighted by Gasteiger charge is 2.13. The number of morpholine rings is 1. The van der Waals surface area contributed by atoms with E-state index in [-0.39, 0.29) is 36.4 Å². The number of guanidine groups is 1. The first-order chi connectivity index (χ1) is 15.7. The van der Waals surface area contributed by atoms with E-state index in [2.05, 4.69) is 52.0 Å². The number of carbonyl (C=O) groups excluding carboxylic acids is 1. The zero-order valence-corrected chi connectivity index (χ0v) is 21.9. The number of anilines is 1. The van der Waals surface area contributed by atoms with E-state index in [0.717, 1.165) is 51.5 Å². The molecule has 0 atom stereocenters. The van der Waals surface area contributed by atoms with Gasteiger partial charge in [0.25, 0.3) is 0 Å². The SMILES string of the molecule is CCNC(=NCc1ccccc1CN1CCOCC1)NCC(=O)Nc1cccc(CC)c1.I. The number of nitrogens with one attached hydrogen (secondary N) is 3. The number of aryl methyl sites for hydroxylation is 1. The van der Waals surface area contributed by atoms with Gasteiger partial charge < -0.3 is 20.7 Å². The molecule has 2 aromatic rings. The topological polar surface area (TPSA) is 78.0 Å². The van der Waals surface area contributed by atoms with Gasteiger partial charge in [0.05, 0.1) is 26.3 Å². The number of benzene rings is 2. The second kappa shape index (κ2) is 14.9. The molecule has 3 N–H and O–H groups in total.